The molecule has 96 heavy (non-hydrogen) atoms. The van der Waals surface area contributed by atoms with E-state index in [2.05, 4.69) is 388 Å². The Morgan fingerprint density at radius 3 is 0.427 bits per heavy atom. The van der Waals surface area contributed by atoms with E-state index in [0.29, 0.717) is 0 Å². The summed E-state index contributed by atoms with van der Waals surface area (Å²) in [6.45, 7) is 0. The van der Waals surface area contributed by atoms with Crippen molar-refractivity contribution in [3.63, 3.8) is 0 Å². The number of hydrogen-bond acceptors (Lipinski definition) is 0. The molecule has 472 valence electrons. The number of hydrogen-bond donors (Lipinski definition) is 0. The summed E-state index contributed by atoms with van der Waals surface area (Å²) in [5, 5.41) is 27.3. The maximum atomic E-state index is 2.44. The molecule has 0 saturated carbocycles. The van der Waals surface area contributed by atoms with E-state index in [1.807, 2.05) is 0 Å². The zero-order valence-corrected chi connectivity index (χ0v) is 59.7. The largest absolute Gasteiger partial charge is 0.412 e. The van der Waals surface area contributed by atoms with Gasteiger partial charge in [0.05, 0.1) is 31.7 Å². The van der Waals surface area contributed by atoms with Crippen molar-refractivity contribution in [2.24, 2.45) is 0 Å². The predicted molar refractivity (Wildman–Crippen MR) is 421 cm³/mol. The first-order valence-corrected chi connectivity index (χ1v) is 37.7. The van der Waals surface area contributed by atoms with Crippen molar-refractivity contribution in [2.75, 3.05) is 0 Å². The summed E-state index contributed by atoms with van der Waals surface area (Å²) in [6, 6.07) is 144. The van der Waals surface area contributed by atoms with E-state index in [-0.39, 0.29) is 51.8 Å². The summed E-state index contributed by atoms with van der Waals surface area (Å²) in [5.74, 6) is 0. The van der Waals surface area contributed by atoms with Crippen LogP contribution in [0, 0.1) is 0 Å². The van der Waals surface area contributed by atoms with Crippen molar-refractivity contribution in [1.82, 2.24) is 0 Å². The first-order valence-electron chi connectivity index (χ1n) is 31.7. The number of fused-ring (bicyclic) bond motifs is 4. The fourth-order valence-corrected chi connectivity index (χ4v) is 24.8. The Morgan fingerprint density at radius 2 is 0.271 bits per heavy atom. The molecule has 0 aliphatic rings. The Labute approximate surface area is 595 Å². The molecule has 0 aromatic heterocycles. The molecule has 0 atom stereocenters. The molecule has 8 heteroatoms. The molecule has 0 amide bonds. The van der Waals surface area contributed by atoms with Gasteiger partial charge in [-0.05, 0) is 164 Å². The third-order valence-electron chi connectivity index (χ3n) is 17.8. The minimum atomic E-state index is -1.37. The molecule has 0 radical (unpaired) electrons. The van der Waals surface area contributed by atoms with Gasteiger partial charge >= 0.3 is 0 Å². The fraction of sp³-hybridized carbons (Fsp3) is 0. The van der Waals surface area contributed by atoms with Crippen LogP contribution in [0.2, 0.25) is 0 Å². The quantitative estimate of drug-likeness (QED) is 0.0769. The molecule has 16 aromatic carbocycles. The molecule has 0 saturated heterocycles. The van der Waals surface area contributed by atoms with Gasteiger partial charge in [-0.3, -0.25) is 0 Å². The molecule has 16 rings (SSSR count). The average molecular weight is 1500 g/mol. The number of benzene rings is 16. The molecule has 0 heterocycles. The summed E-state index contributed by atoms with van der Waals surface area (Å²) in [6.07, 6.45) is 0. The summed E-state index contributed by atoms with van der Waals surface area (Å²) < 4.78 is 0. The molecule has 0 unspecified atom stereocenters. The molecular weight excluding hydrogens is 1430 g/mol. The average Bonchev–Trinajstić information content (AvgIpc) is 0.740. The monoisotopic (exact) mass is 1500 g/mol. The summed E-state index contributed by atoms with van der Waals surface area (Å²) >= 11 is 0. The van der Waals surface area contributed by atoms with Crippen LogP contribution in [0.15, 0.2) is 388 Å². The molecule has 2 nitrogen and oxygen atoms in total. The fourth-order valence-electron chi connectivity index (χ4n) is 13.7. The zero-order valence-electron chi connectivity index (χ0n) is 52.6. The van der Waals surface area contributed by atoms with E-state index < -0.39 is 31.7 Å². The second-order valence-corrected chi connectivity index (χ2v) is 33.0. The molecule has 0 spiro atoms. The van der Waals surface area contributed by atoms with Gasteiger partial charge in [0.15, 0.2) is 0 Å². The molecule has 16 aromatic rings. The third kappa shape index (κ3) is 14.2. The van der Waals surface area contributed by atoms with E-state index in [1.54, 1.807) is 0 Å². The maximum absolute atomic E-state index is 2.44. The van der Waals surface area contributed by atoms with Crippen LogP contribution < -0.4 is 63.7 Å². The third-order valence-corrected chi connectivity index (χ3v) is 28.9. The van der Waals surface area contributed by atoms with Gasteiger partial charge in [0.1, 0.15) is 63.7 Å². The molecular formula is C88H72O2P4Pd2+4. The standard InChI is InChI=1S/2C44H32P2.2H2O.2Pd/c2*1-5-19-35(20-6-1)45(36-21-7-2-8-22-36)41-31-29-33-17-13-15-27-39(33)43(41)44-40-28-16-14-18-34(40)30-32-42(44)46(37-23-9-3-10-24-37)38-25-11-4-12-26-38;;;;/h2*1-32H;2*1H2;;/p+4. The molecule has 0 fully saturated rings. The Morgan fingerprint density at radius 1 is 0.135 bits per heavy atom. The van der Waals surface area contributed by atoms with E-state index in [4.69, 9.17) is 0 Å². The second-order valence-electron chi connectivity index (χ2n) is 23.3. The van der Waals surface area contributed by atoms with Crippen LogP contribution in [0.1, 0.15) is 0 Å². The molecule has 0 aliphatic heterocycles. The van der Waals surface area contributed by atoms with Crippen LogP contribution in [0.5, 0.6) is 0 Å². The Hall–Kier alpha value is -8.48. The van der Waals surface area contributed by atoms with Gasteiger partial charge in [-0.2, -0.15) is 0 Å². The summed E-state index contributed by atoms with van der Waals surface area (Å²) in [4.78, 5) is 0. The van der Waals surface area contributed by atoms with Crippen molar-refractivity contribution < 1.29 is 51.8 Å². The van der Waals surface area contributed by atoms with Gasteiger partial charge < -0.3 is 11.0 Å². The van der Waals surface area contributed by atoms with Crippen LogP contribution in [-0.2, 0) is 40.8 Å². The smallest absolute Gasteiger partial charge is 0.111 e. The van der Waals surface area contributed by atoms with Crippen molar-refractivity contribution in [2.45, 2.75) is 0 Å². The van der Waals surface area contributed by atoms with Gasteiger partial charge in [-0.25, -0.2) is 0 Å². The van der Waals surface area contributed by atoms with E-state index in [9.17, 15) is 0 Å². The molecule has 0 bridgehead atoms. The predicted octanol–water partition coefficient (Wildman–Crippen LogP) is 15.6. The molecule has 0 aliphatic carbocycles. The van der Waals surface area contributed by atoms with Crippen molar-refractivity contribution in [1.29, 1.82) is 0 Å². The van der Waals surface area contributed by atoms with E-state index in [0.717, 1.165) is 0 Å². The minimum Gasteiger partial charge on any atom is -0.412 e. The maximum Gasteiger partial charge on any atom is 0.111 e. The van der Waals surface area contributed by atoms with E-state index in [1.165, 1.54) is 129 Å². The second kappa shape index (κ2) is 32.5. The molecule has 4 N–H and O–H groups in total. The number of rotatable bonds is 14. The zero-order chi connectivity index (χ0) is 61.4. The van der Waals surface area contributed by atoms with Gasteiger partial charge in [0, 0.05) is 63.1 Å². The van der Waals surface area contributed by atoms with Gasteiger partial charge in [-0.1, -0.05) is 267 Å². The van der Waals surface area contributed by atoms with Crippen molar-refractivity contribution in [3.05, 3.63) is 388 Å². The van der Waals surface area contributed by atoms with Gasteiger partial charge in [0.25, 0.3) is 0 Å². The van der Waals surface area contributed by atoms with Gasteiger partial charge in [-0.15, -0.1) is 0 Å². The van der Waals surface area contributed by atoms with Gasteiger partial charge in [0.2, 0.25) is 0 Å². The van der Waals surface area contributed by atoms with Crippen molar-refractivity contribution >= 4 is 138 Å². The van der Waals surface area contributed by atoms with Crippen molar-refractivity contribution in [3.8, 4) is 22.3 Å². The van der Waals surface area contributed by atoms with Crippen LogP contribution >= 0.6 is 31.7 Å². The van der Waals surface area contributed by atoms with Crippen LogP contribution in [0.3, 0.4) is 0 Å². The first kappa shape index (κ1) is 68.9. The summed E-state index contributed by atoms with van der Waals surface area (Å²) in [7, 11) is -5.48. The normalized spacial score (nSPS) is 11.0. The minimum absolute atomic E-state index is 0. The van der Waals surface area contributed by atoms with E-state index >= 15 is 0 Å². The topological polar surface area (TPSA) is 63.0 Å². The van der Waals surface area contributed by atoms with Crippen LogP contribution in [-0.4, -0.2) is 11.0 Å². The SMILES string of the molecule is O.O.[Pd].[Pd].c1ccc([PH+](c2ccccc2)c2ccc3ccccc3c2-c2c([PH+](c3ccccc3)c3ccccc3)ccc3ccccc23)cc1.c1ccc([PH+](c2ccccc2)c2ccc3ccccc3c2-c2c([PH+](c3ccccc3)c3ccccc3)ccc3ccccc23)cc1. The summed E-state index contributed by atoms with van der Waals surface area (Å²) in [5.41, 5.74) is 5.50. The van der Waals surface area contributed by atoms with Crippen LogP contribution in [0.4, 0.5) is 0 Å². The Kier molecular flexibility index (Phi) is 23.3. The Balaban J connectivity index is 0.000000187. The Bertz CT molecular complexity index is 4360. The van der Waals surface area contributed by atoms with Crippen LogP contribution in [0.25, 0.3) is 65.3 Å². The first-order chi connectivity index (χ1) is 45.7.